The molecule has 0 aliphatic heterocycles. The lowest BCUT2D eigenvalue weighted by Gasteiger charge is -2.18. The van der Waals surface area contributed by atoms with Crippen molar-refractivity contribution in [2.24, 2.45) is 0 Å². The van der Waals surface area contributed by atoms with E-state index in [-0.39, 0.29) is 37.5 Å². The van der Waals surface area contributed by atoms with Crippen LogP contribution >= 0.6 is 0 Å². The normalized spacial score (nSPS) is 12.7. The van der Waals surface area contributed by atoms with Gasteiger partial charge in [0, 0.05) is 19.3 Å². The van der Waals surface area contributed by atoms with Crippen molar-refractivity contribution in [3.8, 4) is 0 Å². The van der Waals surface area contributed by atoms with Crippen molar-refractivity contribution in [3.05, 3.63) is 97.2 Å². The van der Waals surface area contributed by atoms with Gasteiger partial charge in [-0.05, 0) is 116 Å². The van der Waals surface area contributed by atoms with Crippen LogP contribution in [0.25, 0.3) is 0 Å². The molecule has 0 fully saturated rings. The highest BCUT2D eigenvalue weighted by atomic mass is 16.6. The second kappa shape index (κ2) is 62.9. The zero-order chi connectivity index (χ0) is 54.3. The first-order valence-electron chi connectivity index (χ1n) is 31.7. The summed E-state index contributed by atoms with van der Waals surface area (Å²) in [7, 11) is 0. The molecule has 0 rings (SSSR count). The third-order valence-electron chi connectivity index (χ3n) is 13.6. The lowest BCUT2D eigenvalue weighted by Crippen LogP contribution is -2.30. The molecule has 0 saturated heterocycles. The van der Waals surface area contributed by atoms with E-state index in [2.05, 4.69) is 118 Å². The molecule has 0 aromatic rings. The van der Waals surface area contributed by atoms with E-state index in [1.54, 1.807) is 0 Å². The van der Waals surface area contributed by atoms with Crippen LogP contribution in [0, 0.1) is 0 Å². The Kier molecular flexibility index (Phi) is 59.8. The SMILES string of the molecule is CC/C=C\C/C=C\C/C=C\C/C=C\CCCCC(=O)OC(COC(=O)CCCCCCC/C=C\C/C=C\C/C=C\CC)COC(=O)CCCCCCCCCCCCCCCCC/C=C\CCCCCCCCCC. The number of ether oxygens (including phenoxy) is 3. The van der Waals surface area contributed by atoms with Crippen LogP contribution in [0.1, 0.15) is 303 Å². The molecule has 1 atom stereocenters. The average Bonchev–Trinajstić information content (AvgIpc) is 3.41. The van der Waals surface area contributed by atoms with E-state index < -0.39 is 6.10 Å². The number of allylic oxidation sites excluding steroid dienone is 16. The molecule has 0 aliphatic carbocycles. The van der Waals surface area contributed by atoms with E-state index in [9.17, 15) is 14.4 Å². The van der Waals surface area contributed by atoms with Gasteiger partial charge >= 0.3 is 17.9 Å². The molecule has 0 N–H and O–H groups in total. The highest BCUT2D eigenvalue weighted by molar-refractivity contribution is 5.71. The Hall–Kier alpha value is -3.67. The van der Waals surface area contributed by atoms with Crippen molar-refractivity contribution in [2.75, 3.05) is 13.2 Å². The quantitative estimate of drug-likeness (QED) is 0.0261. The van der Waals surface area contributed by atoms with Gasteiger partial charge in [-0.3, -0.25) is 14.4 Å². The minimum atomic E-state index is -0.808. The second-order valence-corrected chi connectivity index (χ2v) is 20.9. The molecule has 0 aromatic heterocycles. The summed E-state index contributed by atoms with van der Waals surface area (Å²) in [6, 6.07) is 0. The highest BCUT2D eigenvalue weighted by Gasteiger charge is 2.19. The summed E-state index contributed by atoms with van der Waals surface area (Å²) in [4.78, 5) is 38.2. The van der Waals surface area contributed by atoms with Crippen molar-refractivity contribution >= 4 is 17.9 Å². The summed E-state index contributed by atoms with van der Waals surface area (Å²) >= 11 is 0. The molecule has 0 amide bonds. The maximum absolute atomic E-state index is 12.9. The summed E-state index contributed by atoms with van der Waals surface area (Å²) in [5.41, 5.74) is 0. The second-order valence-electron chi connectivity index (χ2n) is 20.9. The lowest BCUT2D eigenvalue weighted by molar-refractivity contribution is -0.167. The number of hydrogen-bond acceptors (Lipinski definition) is 6. The Morgan fingerprint density at radius 3 is 0.853 bits per heavy atom. The number of carbonyl (C=O) groups is 3. The van der Waals surface area contributed by atoms with Crippen LogP contribution < -0.4 is 0 Å². The van der Waals surface area contributed by atoms with E-state index in [4.69, 9.17) is 14.2 Å². The predicted molar refractivity (Wildman–Crippen MR) is 325 cm³/mol. The Morgan fingerprint density at radius 2 is 0.520 bits per heavy atom. The fraction of sp³-hybridized carbons (Fsp3) is 0.725. The van der Waals surface area contributed by atoms with E-state index >= 15 is 0 Å². The van der Waals surface area contributed by atoms with E-state index in [0.29, 0.717) is 19.3 Å². The van der Waals surface area contributed by atoms with Crippen LogP contribution in [0.5, 0.6) is 0 Å². The molecule has 0 aliphatic rings. The standard InChI is InChI=1S/C69H118O6/c1-4-7-10-13-16-19-22-25-28-29-30-31-32-33-34-35-36-37-38-39-42-44-47-50-53-56-59-62-68(71)74-65-66(75-69(72)63-60-57-54-51-48-45-41-27-24-21-18-15-12-9-6-3)64-73-67(70)61-58-55-52-49-46-43-40-26-23-20-17-14-11-8-5-2/h8-9,11-12,17-18,20-21,26-27,29-30,40-41,48,51,66H,4-7,10,13-16,19,22-25,28,31-39,42-47,49-50,52-65H2,1-3H3/b11-8-,12-9-,20-17-,21-18-,30-29-,40-26-,41-27-,51-48-. The van der Waals surface area contributed by atoms with Crippen molar-refractivity contribution in [3.63, 3.8) is 0 Å². The van der Waals surface area contributed by atoms with Gasteiger partial charge in [-0.25, -0.2) is 0 Å². The average molecular weight is 1040 g/mol. The van der Waals surface area contributed by atoms with Gasteiger partial charge in [0.05, 0.1) is 0 Å². The molecule has 75 heavy (non-hydrogen) atoms. The summed E-state index contributed by atoms with van der Waals surface area (Å²) in [6.07, 6.45) is 84.3. The van der Waals surface area contributed by atoms with Crippen molar-refractivity contribution in [1.82, 2.24) is 0 Å². The van der Waals surface area contributed by atoms with Crippen LogP contribution in [-0.4, -0.2) is 37.2 Å². The molecule has 0 spiro atoms. The Labute approximate surface area is 464 Å². The first kappa shape index (κ1) is 71.3. The predicted octanol–water partition coefficient (Wildman–Crippen LogP) is 21.7. The molecular weight excluding hydrogens is 925 g/mol. The maximum atomic E-state index is 12.9. The third kappa shape index (κ3) is 61.1. The van der Waals surface area contributed by atoms with E-state index in [0.717, 1.165) is 116 Å². The number of hydrogen-bond donors (Lipinski definition) is 0. The van der Waals surface area contributed by atoms with Crippen LogP contribution in [0.15, 0.2) is 97.2 Å². The minimum Gasteiger partial charge on any atom is -0.462 e. The van der Waals surface area contributed by atoms with E-state index in [1.165, 1.54) is 141 Å². The minimum absolute atomic E-state index is 0.0990. The van der Waals surface area contributed by atoms with E-state index in [1.807, 2.05) is 0 Å². The van der Waals surface area contributed by atoms with Crippen molar-refractivity contribution in [1.29, 1.82) is 0 Å². The molecule has 0 bridgehead atoms. The summed E-state index contributed by atoms with van der Waals surface area (Å²) in [5, 5.41) is 0. The number of unbranched alkanes of at least 4 members (excludes halogenated alkanes) is 30. The zero-order valence-electron chi connectivity index (χ0n) is 49.3. The maximum Gasteiger partial charge on any atom is 0.306 e. The molecule has 6 nitrogen and oxygen atoms in total. The van der Waals surface area contributed by atoms with Gasteiger partial charge in [-0.15, -0.1) is 0 Å². The molecule has 0 heterocycles. The molecule has 0 saturated carbocycles. The van der Waals surface area contributed by atoms with Gasteiger partial charge in [0.2, 0.25) is 0 Å². The van der Waals surface area contributed by atoms with Crippen LogP contribution in [0.2, 0.25) is 0 Å². The Morgan fingerprint density at radius 1 is 0.280 bits per heavy atom. The Balaban J connectivity index is 4.30. The fourth-order valence-corrected chi connectivity index (χ4v) is 8.86. The largest absolute Gasteiger partial charge is 0.462 e. The molecule has 0 aromatic carbocycles. The monoisotopic (exact) mass is 1040 g/mol. The molecular formula is C69H118O6. The molecule has 0 radical (unpaired) electrons. The number of carbonyl (C=O) groups excluding carboxylic acids is 3. The topological polar surface area (TPSA) is 78.9 Å². The number of esters is 3. The zero-order valence-corrected chi connectivity index (χ0v) is 49.3. The lowest BCUT2D eigenvalue weighted by atomic mass is 10.0. The first-order chi connectivity index (χ1) is 37.0. The molecule has 430 valence electrons. The van der Waals surface area contributed by atoms with Gasteiger partial charge in [0.25, 0.3) is 0 Å². The van der Waals surface area contributed by atoms with Crippen molar-refractivity contribution in [2.45, 2.75) is 309 Å². The number of rotatable bonds is 57. The highest BCUT2D eigenvalue weighted by Crippen LogP contribution is 2.16. The van der Waals surface area contributed by atoms with Crippen molar-refractivity contribution < 1.29 is 28.6 Å². The summed E-state index contributed by atoms with van der Waals surface area (Å²) in [5.74, 6) is -0.951. The van der Waals surface area contributed by atoms with Crippen LogP contribution in [0.4, 0.5) is 0 Å². The fourth-order valence-electron chi connectivity index (χ4n) is 8.86. The summed E-state index contributed by atoms with van der Waals surface area (Å²) < 4.78 is 16.9. The van der Waals surface area contributed by atoms with Gasteiger partial charge in [-0.2, -0.15) is 0 Å². The molecule has 1 unspecified atom stereocenters. The van der Waals surface area contributed by atoms with Crippen LogP contribution in [0.3, 0.4) is 0 Å². The summed E-state index contributed by atoms with van der Waals surface area (Å²) in [6.45, 7) is 6.39. The van der Waals surface area contributed by atoms with Gasteiger partial charge in [0.15, 0.2) is 6.10 Å². The van der Waals surface area contributed by atoms with Gasteiger partial charge < -0.3 is 14.2 Å². The third-order valence-corrected chi connectivity index (χ3v) is 13.6. The first-order valence-corrected chi connectivity index (χ1v) is 31.7. The smallest absolute Gasteiger partial charge is 0.306 e. The van der Waals surface area contributed by atoms with Gasteiger partial charge in [0.1, 0.15) is 13.2 Å². The Bertz CT molecular complexity index is 1480. The van der Waals surface area contributed by atoms with Gasteiger partial charge in [-0.1, -0.05) is 266 Å². The molecule has 6 heteroatoms. The van der Waals surface area contributed by atoms with Crippen LogP contribution in [-0.2, 0) is 28.6 Å².